The van der Waals surface area contributed by atoms with Crippen molar-refractivity contribution in [3.8, 4) is 11.5 Å². The molecule has 0 saturated carbocycles. The SMILES string of the molecule is CCC(C)CC(=O)Oc1ccc(C[C@H](N)C(=O)OC[C@H](C)OC(=O)C(C)CC)cc1OC(=O)CC(C)CC. The van der Waals surface area contributed by atoms with Crippen LogP contribution >= 0.6 is 0 Å². The molecule has 0 aliphatic carbocycles. The van der Waals surface area contributed by atoms with Crippen LogP contribution in [-0.4, -0.2) is 42.6 Å². The monoisotopic (exact) mass is 535 g/mol. The van der Waals surface area contributed by atoms with Crippen molar-refractivity contribution in [2.45, 2.75) is 99.1 Å². The lowest BCUT2D eigenvalue weighted by Gasteiger charge is -2.18. The van der Waals surface area contributed by atoms with Gasteiger partial charge in [0.15, 0.2) is 11.5 Å². The van der Waals surface area contributed by atoms with E-state index in [1.807, 2.05) is 34.6 Å². The van der Waals surface area contributed by atoms with E-state index >= 15 is 0 Å². The van der Waals surface area contributed by atoms with E-state index in [4.69, 9.17) is 24.7 Å². The van der Waals surface area contributed by atoms with E-state index in [0.29, 0.717) is 12.0 Å². The van der Waals surface area contributed by atoms with Crippen molar-refractivity contribution in [2.24, 2.45) is 23.5 Å². The van der Waals surface area contributed by atoms with Crippen LogP contribution in [0.4, 0.5) is 0 Å². The molecule has 9 heteroatoms. The zero-order chi connectivity index (χ0) is 28.8. The maximum absolute atomic E-state index is 12.5. The molecule has 3 unspecified atom stereocenters. The predicted octanol–water partition coefficient (Wildman–Crippen LogP) is 4.76. The van der Waals surface area contributed by atoms with E-state index in [2.05, 4.69) is 0 Å². The predicted molar refractivity (Wildman–Crippen MR) is 144 cm³/mol. The van der Waals surface area contributed by atoms with Gasteiger partial charge >= 0.3 is 23.9 Å². The van der Waals surface area contributed by atoms with E-state index in [1.165, 1.54) is 6.07 Å². The van der Waals surface area contributed by atoms with Crippen LogP contribution in [0.15, 0.2) is 18.2 Å². The van der Waals surface area contributed by atoms with Crippen LogP contribution < -0.4 is 15.2 Å². The van der Waals surface area contributed by atoms with Crippen LogP contribution in [0.25, 0.3) is 0 Å². The summed E-state index contributed by atoms with van der Waals surface area (Å²) in [5.41, 5.74) is 6.65. The minimum atomic E-state index is -1.00. The van der Waals surface area contributed by atoms with Gasteiger partial charge < -0.3 is 24.7 Å². The van der Waals surface area contributed by atoms with E-state index < -0.39 is 30.1 Å². The third-order valence-electron chi connectivity index (χ3n) is 6.43. The van der Waals surface area contributed by atoms with Gasteiger partial charge in [0.2, 0.25) is 0 Å². The lowest BCUT2D eigenvalue weighted by atomic mass is 10.0. The van der Waals surface area contributed by atoms with Gasteiger partial charge in [-0.3, -0.25) is 19.2 Å². The average Bonchev–Trinajstić information content (AvgIpc) is 2.87. The Balaban J connectivity index is 2.90. The van der Waals surface area contributed by atoms with E-state index in [1.54, 1.807) is 26.0 Å². The maximum Gasteiger partial charge on any atom is 0.323 e. The molecular weight excluding hydrogens is 490 g/mol. The van der Waals surface area contributed by atoms with Gasteiger partial charge in [0.05, 0.1) is 5.92 Å². The molecule has 1 aromatic rings. The number of benzene rings is 1. The molecule has 0 spiro atoms. The van der Waals surface area contributed by atoms with E-state index in [9.17, 15) is 19.2 Å². The van der Waals surface area contributed by atoms with Crippen LogP contribution in [0.2, 0.25) is 0 Å². The lowest BCUT2D eigenvalue weighted by molar-refractivity contribution is -0.161. The van der Waals surface area contributed by atoms with Crippen molar-refractivity contribution in [1.29, 1.82) is 0 Å². The average molecular weight is 536 g/mol. The molecule has 214 valence electrons. The van der Waals surface area contributed by atoms with Gasteiger partial charge in [-0.25, -0.2) is 0 Å². The molecule has 0 radical (unpaired) electrons. The molecule has 2 N–H and O–H groups in total. The molecule has 38 heavy (non-hydrogen) atoms. The van der Waals surface area contributed by atoms with E-state index in [0.717, 1.165) is 12.8 Å². The highest BCUT2D eigenvalue weighted by atomic mass is 16.6. The van der Waals surface area contributed by atoms with Crippen molar-refractivity contribution in [3.05, 3.63) is 23.8 Å². The van der Waals surface area contributed by atoms with Crippen LogP contribution in [0.3, 0.4) is 0 Å². The molecule has 0 aromatic heterocycles. The third kappa shape index (κ3) is 12.1. The molecule has 0 aliphatic heterocycles. The van der Waals surface area contributed by atoms with Gasteiger partial charge in [-0.1, -0.05) is 60.5 Å². The summed E-state index contributed by atoms with van der Waals surface area (Å²) in [6.07, 6.45) is 2.24. The first-order chi connectivity index (χ1) is 17.9. The first kappa shape index (κ1) is 33.1. The van der Waals surface area contributed by atoms with Crippen LogP contribution in [0.1, 0.15) is 86.1 Å². The number of esters is 4. The zero-order valence-electron chi connectivity index (χ0n) is 23.9. The fourth-order valence-electron chi connectivity index (χ4n) is 3.19. The molecule has 0 aliphatic rings. The summed E-state index contributed by atoms with van der Waals surface area (Å²) < 4.78 is 21.6. The summed E-state index contributed by atoms with van der Waals surface area (Å²) in [7, 11) is 0. The van der Waals surface area contributed by atoms with Crippen molar-refractivity contribution < 1.29 is 38.1 Å². The first-order valence-corrected chi connectivity index (χ1v) is 13.6. The van der Waals surface area contributed by atoms with Crippen LogP contribution in [0, 0.1) is 17.8 Å². The van der Waals surface area contributed by atoms with Crippen LogP contribution in [0.5, 0.6) is 11.5 Å². The highest BCUT2D eigenvalue weighted by Gasteiger charge is 2.22. The summed E-state index contributed by atoms with van der Waals surface area (Å²) in [5, 5.41) is 0. The quantitative estimate of drug-likeness (QED) is 0.235. The molecule has 0 fully saturated rings. The fraction of sp³-hybridized carbons (Fsp3) is 0.655. The number of hydrogen-bond donors (Lipinski definition) is 1. The maximum atomic E-state index is 12.5. The number of carbonyl (C=O) groups excluding carboxylic acids is 4. The molecular formula is C29H45NO8. The number of carbonyl (C=O) groups is 4. The Morgan fingerprint density at radius 2 is 1.34 bits per heavy atom. The second kappa shape index (κ2) is 16.8. The Kier molecular flexibility index (Phi) is 14.6. The summed E-state index contributed by atoms with van der Waals surface area (Å²) in [6, 6.07) is 3.73. The van der Waals surface area contributed by atoms with Crippen LogP contribution in [-0.2, 0) is 35.1 Å². The van der Waals surface area contributed by atoms with Gasteiger partial charge in [-0.05, 0) is 49.3 Å². The third-order valence-corrected chi connectivity index (χ3v) is 6.43. The molecule has 9 nitrogen and oxygen atoms in total. The normalized spacial score (nSPS) is 14.9. The number of hydrogen-bond acceptors (Lipinski definition) is 9. The Morgan fingerprint density at radius 1 is 0.789 bits per heavy atom. The summed E-state index contributed by atoms with van der Waals surface area (Å²) >= 11 is 0. The highest BCUT2D eigenvalue weighted by Crippen LogP contribution is 2.30. The minimum absolute atomic E-state index is 0.0941. The Labute approximate surface area is 226 Å². The largest absolute Gasteiger partial charge is 0.461 e. The lowest BCUT2D eigenvalue weighted by Crippen LogP contribution is -2.36. The van der Waals surface area contributed by atoms with Gasteiger partial charge in [-0.15, -0.1) is 0 Å². The standard InChI is InChI=1S/C29H45NO8/c1-8-18(4)13-26(31)37-24-12-11-22(16-25(24)38-27(32)14-19(5)9-2)15-23(30)29(34)35-17-21(7)36-28(33)20(6)10-3/h11-12,16,18-21,23H,8-10,13-15,17,30H2,1-7H3/t18?,19?,20?,21-,23-/m0/s1. The van der Waals surface area contributed by atoms with E-state index in [-0.39, 0.29) is 61.1 Å². The number of ether oxygens (including phenoxy) is 4. The first-order valence-electron chi connectivity index (χ1n) is 13.6. The Hall–Kier alpha value is -2.94. The van der Waals surface area contributed by atoms with Gasteiger partial charge in [0, 0.05) is 12.8 Å². The molecule has 0 heterocycles. The number of rotatable bonds is 16. The molecule has 5 atom stereocenters. The number of nitrogens with two attached hydrogens (primary N) is 1. The fourth-order valence-corrected chi connectivity index (χ4v) is 3.19. The van der Waals surface area contributed by atoms with Crippen molar-refractivity contribution in [3.63, 3.8) is 0 Å². The molecule has 0 bridgehead atoms. The van der Waals surface area contributed by atoms with Gasteiger partial charge in [0.1, 0.15) is 18.8 Å². The van der Waals surface area contributed by atoms with Crippen molar-refractivity contribution >= 4 is 23.9 Å². The smallest absolute Gasteiger partial charge is 0.323 e. The molecule has 1 aromatic carbocycles. The Bertz CT molecular complexity index is 931. The zero-order valence-corrected chi connectivity index (χ0v) is 23.9. The van der Waals surface area contributed by atoms with Gasteiger partial charge in [-0.2, -0.15) is 0 Å². The van der Waals surface area contributed by atoms with Crippen molar-refractivity contribution in [1.82, 2.24) is 0 Å². The molecule has 0 amide bonds. The second-order valence-corrected chi connectivity index (χ2v) is 10.2. The minimum Gasteiger partial charge on any atom is -0.461 e. The Morgan fingerprint density at radius 3 is 1.87 bits per heavy atom. The van der Waals surface area contributed by atoms with Crippen molar-refractivity contribution in [2.75, 3.05) is 6.61 Å². The summed E-state index contributed by atoms with van der Waals surface area (Å²) in [4.78, 5) is 49.2. The van der Waals surface area contributed by atoms with Gasteiger partial charge in [0.25, 0.3) is 0 Å². The summed E-state index contributed by atoms with van der Waals surface area (Å²) in [5.74, 6) is -1.58. The topological polar surface area (TPSA) is 131 Å². The molecule has 0 saturated heterocycles. The highest BCUT2D eigenvalue weighted by molar-refractivity contribution is 5.77. The summed E-state index contributed by atoms with van der Waals surface area (Å²) in [6.45, 7) is 13.1. The second-order valence-electron chi connectivity index (χ2n) is 10.2. The molecule has 1 rings (SSSR count).